The van der Waals surface area contributed by atoms with Crippen LogP contribution in [0.5, 0.6) is 0 Å². The Bertz CT molecular complexity index is 1110. The van der Waals surface area contributed by atoms with Crippen molar-refractivity contribution in [3.63, 3.8) is 0 Å². The zero-order valence-corrected chi connectivity index (χ0v) is 16.4. The molecule has 0 N–H and O–H groups in total. The van der Waals surface area contributed by atoms with Crippen LogP contribution in [0.3, 0.4) is 0 Å². The van der Waals surface area contributed by atoms with Crippen molar-refractivity contribution in [2.75, 3.05) is 4.90 Å². The maximum atomic E-state index is 13.6. The minimum atomic E-state index is -0.493. The number of nitrogens with zero attached hydrogens (tertiary/aromatic N) is 1. The molecule has 0 saturated carbocycles. The van der Waals surface area contributed by atoms with Gasteiger partial charge in [-0.3, -0.25) is 9.69 Å². The van der Waals surface area contributed by atoms with Gasteiger partial charge in [-0.15, -0.1) is 0 Å². The van der Waals surface area contributed by atoms with Gasteiger partial charge in [-0.2, -0.15) is 0 Å². The maximum Gasteiger partial charge on any atom is 0.237 e. The van der Waals surface area contributed by atoms with Crippen LogP contribution in [0.2, 0.25) is 0 Å². The second kappa shape index (κ2) is 5.93. The van der Waals surface area contributed by atoms with Crippen LogP contribution in [0.15, 0.2) is 84.6 Å². The van der Waals surface area contributed by atoms with E-state index >= 15 is 0 Å². The van der Waals surface area contributed by atoms with Crippen molar-refractivity contribution in [1.82, 2.24) is 0 Å². The number of carbonyl (C=O) groups excluding carboxylic acids is 1. The molecule has 1 aliphatic carbocycles. The second-order valence-electron chi connectivity index (χ2n) is 8.34. The Balaban J connectivity index is 1.83. The molecule has 1 atom stereocenters. The predicted octanol–water partition coefficient (Wildman–Crippen LogP) is 5.92. The van der Waals surface area contributed by atoms with Crippen LogP contribution < -0.4 is 4.90 Å². The average Bonchev–Trinajstić information content (AvgIpc) is 3.14. The largest absolute Gasteiger partial charge is 0.283 e. The molecule has 3 aromatic rings. The van der Waals surface area contributed by atoms with Crippen LogP contribution >= 0.6 is 0 Å². The van der Waals surface area contributed by atoms with Crippen LogP contribution in [-0.4, -0.2) is 5.91 Å². The first-order valence-electron chi connectivity index (χ1n) is 9.80. The number of aryl methyl sites for hydroxylation is 1. The fourth-order valence-electron chi connectivity index (χ4n) is 4.76. The van der Waals surface area contributed by atoms with E-state index in [1.165, 1.54) is 22.3 Å². The molecule has 0 spiro atoms. The molecule has 5 rings (SSSR count). The van der Waals surface area contributed by atoms with Crippen molar-refractivity contribution >= 4 is 17.2 Å². The number of amides is 1. The lowest BCUT2D eigenvalue weighted by Crippen LogP contribution is -2.32. The molecule has 138 valence electrons. The average molecular weight is 365 g/mol. The maximum absolute atomic E-state index is 13.6. The first-order chi connectivity index (χ1) is 13.5. The van der Waals surface area contributed by atoms with Crippen LogP contribution in [0.4, 0.5) is 5.69 Å². The summed E-state index contributed by atoms with van der Waals surface area (Å²) < 4.78 is 0. The Morgan fingerprint density at radius 2 is 1.46 bits per heavy atom. The molecule has 1 unspecified atom stereocenters. The van der Waals surface area contributed by atoms with E-state index in [0.717, 1.165) is 16.9 Å². The number of hydrogen-bond acceptors (Lipinski definition) is 1. The number of benzene rings is 3. The highest BCUT2D eigenvalue weighted by Gasteiger charge is 2.56. The highest BCUT2D eigenvalue weighted by atomic mass is 16.2. The highest BCUT2D eigenvalue weighted by Crippen LogP contribution is 2.59. The molecule has 1 heterocycles. The van der Waals surface area contributed by atoms with Gasteiger partial charge in [-0.25, -0.2) is 0 Å². The smallest absolute Gasteiger partial charge is 0.237 e. The highest BCUT2D eigenvalue weighted by molar-refractivity contribution is 6.10. The first-order valence-corrected chi connectivity index (χ1v) is 9.80. The predicted molar refractivity (Wildman–Crippen MR) is 114 cm³/mol. The van der Waals surface area contributed by atoms with Gasteiger partial charge in [0.05, 0.1) is 5.41 Å². The number of rotatable bonds is 2. The molecule has 0 aromatic heterocycles. The fourth-order valence-corrected chi connectivity index (χ4v) is 4.76. The molecule has 2 heteroatoms. The van der Waals surface area contributed by atoms with Gasteiger partial charge in [-0.1, -0.05) is 86.1 Å². The van der Waals surface area contributed by atoms with Gasteiger partial charge in [0.25, 0.3) is 0 Å². The van der Waals surface area contributed by atoms with Crippen LogP contribution in [0.25, 0.3) is 5.57 Å². The Hall–Kier alpha value is -3.13. The number of allylic oxidation sites excluding steroid dienone is 1. The van der Waals surface area contributed by atoms with Crippen LogP contribution in [-0.2, 0) is 4.79 Å². The summed E-state index contributed by atoms with van der Waals surface area (Å²) in [7, 11) is 0. The van der Waals surface area contributed by atoms with E-state index in [2.05, 4.69) is 93.6 Å². The van der Waals surface area contributed by atoms with E-state index in [-0.39, 0.29) is 11.8 Å². The van der Waals surface area contributed by atoms with E-state index in [9.17, 15) is 4.79 Å². The topological polar surface area (TPSA) is 20.3 Å². The van der Waals surface area contributed by atoms with Crippen molar-refractivity contribution in [1.29, 1.82) is 0 Å². The summed E-state index contributed by atoms with van der Waals surface area (Å²) in [6.45, 7) is 6.24. The lowest BCUT2D eigenvalue weighted by Gasteiger charge is -2.23. The van der Waals surface area contributed by atoms with E-state index in [1.54, 1.807) is 0 Å². The molecule has 0 radical (unpaired) electrons. The summed E-state index contributed by atoms with van der Waals surface area (Å²) in [6.07, 6.45) is 0. The van der Waals surface area contributed by atoms with Crippen molar-refractivity contribution in [3.05, 3.63) is 107 Å². The van der Waals surface area contributed by atoms with Gasteiger partial charge < -0.3 is 0 Å². The second-order valence-corrected chi connectivity index (χ2v) is 8.34. The standard InChI is InChI=1S/C26H23NO/c1-17-13-15-19(16-14-17)27-24-22(18-9-5-4-6-10-18)20-11-7-8-12-21(20)23(24)26(2,3)25(27)28/h4-16,23H,1-3H3. The number of carbonyl (C=O) groups is 1. The van der Waals surface area contributed by atoms with Crippen molar-refractivity contribution in [2.24, 2.45) is 5.41 Å². The minimum Gasteiger partial charge on any atom is -0.283 e. The minimum absolute atomic E-state index is 0.0627. The third-order valence-corrected chi connectivity index (χ3v) is 6.14. The summed E-state index contributed by atoms with van der Waals surface area (Å²) in [5.74, 6) is 0.229. The lowest BCUT2D eigenvalue weighted by atomic mass is 9.77. The van der Waals surface area contributed by atoms with Gasteiger partial charge in [0.1, 0.15) is 0 Å². The zero-order valence-electron chi connectivity index (χ0n) is 16.4. The summed E-state index contributed by atoms with van der Waals surface area (Å²) in [6, 6.07) is 27.3. The quantitative estimate of drug-likeness (QED) is 0.551. The lowest BCUT2D eigenvalue weighted by molar-refractivity contribution is -0.124. The first kappa shape index (κ1) is 17.0. The molecular weight excluding hydrogens is 342 g/mol. The monoisotopic (exact) mass is 365 g/mol. The number of fused-ring (bicyclic) bond motifs is 3. The van der Waals surface area contributed by atoms with Gasteiger partial charge in [0, 0.05) is 22.9 Å². The Morgan fingerprint density at radius 1 is 0.821 bits per heavy atom. The number of hydrogen-bond donors (Lipinski definition) is 0. The molecule has 1 aliphatic heterocycles. The molecule has 1 amide bonds. The summed E-state index contributed by atoms with van der Waals surface area (Å²) in [4.78, 5) is 15.6. The molecule has 2 aliphatic rings. The summed E-state index contributed by atoms with van der Waals surface area (Å²) in [5, 5.41) is 0. The van der Waals surface area contributed by atoms with Crippen LogP contribution in [0, 0.1) is 12.3 Å². The molecule has 28 heavy (non-hydrogen) atoms. The Labute approximate surface area is 166 Å². The summed E-state index contributed by atoms with van der Waals surface area (Å²) >= 11 is 0. The van der Waals surface area contributed by atoms with Gasteiger partial charge in [0.15, 0.2) is 0 Å². The van der Waals surface area contributed by atoms with E-state index < -0.39 is 5.41 Å². The third-order valence-electron chi connectivity index (χ3n) is 6.14. The van der Waals surface area contributed by atoms with E-state index in [1.807, 2.05) is 11.0 Å². The van der Waals surface area contributed by atoms with Crippen molar-refractivity contribution < 1.29 is 4.79 Å². The zero-order chi connectivity index (χ0) is 19.5. The van der Waals surface area contributed by atoms with Gasteiger partial charge >= 0.3 is 0 Å². The normalized spacial score (nSPS) is 19.8. The Morgan fingerprint density at radius 3 is 2.18 bits per heavy atom. The fraction of sp³-hybridized carbons (Fsp3) is 0.192. The van der Waals surface area contributed by atoms with Crippen molar-refractivity contribution in [3.8, 4) is 0 Å². The molecule has 1 fully saturated rings. The van der Waals surface area contributed by atoms with Crippen molar-refractivity contribution in [2.45, 2.75) is 26.7 Å². The molecule has 3 aromatic carbocycles. The third kappa shape index (κ3) is 2.24. The number of anilines is 1. The molecular formula is C26H23NO. The van der Waals surface area contributed by atoms with E-state index in [0.29, 0.717) is 0 Å². The van der Waals surface area contributed by atoms with Gasteiger partial charge in [0.2, 0.25) is 5.91 Å². The molecule has 1 saturated heterocycles. The van der Waals surface area contributed by atoms with Crippen LogP contribution in [0.1, 0.15) is 42.0 Å². The van der Waals surface area contributed by atoms with Gasteiger partial charge in [-0.05, 0) is 35.7 Å². The molecule has 0 bridgehead atoms. The SMILES string of the molecule is Cc1ccc(N2C(=O)C(C)(C)C3C2=C(c2ccccc2)c2ccccc23)cc1. The molecule has 2 nitrogen and oxygen atoms in total. The Kier molecular flexibility index (Phi) is 3.60. The van der Waals surface area contributed by atoms with E-state index in [4.69, 9.17) is 0 Å². The summed E-state index contributed by atoms with van der Waals surface area (Å²) in [5.41, 5.74) is 7.60.